The van der Waals surface area contributed by atoms with Gasteiger partial charge in [-0.2, -0.15) is 15.0 Å². The number of anilines is 1. The number of nitrogens with one attached hydrogen (secondary N) is 2. The zero-order valence-corrected chi connectivity index (χ0v) is 13.6. The largest absolute Gasteiger partial charge is 0.370 e. The molecule has 0 aliphatic heterocycles. The zero-order valence-electron chi connectivity index (χ0n) is 13.6. The summed E-state index contributed by atoms with van der Waals surface area (Å²) < 4.78 is 0. The van der Waals surface area contributed by atoms with Gasteiger partial charge in [0.2, 0.25) is 0 Å². The summed E-state index contributed by atoms with van der Waals surface area (Å²) in [4.78, 5) is 5.90. The lowest BCUT2D eigenvalue weighted by Gasteiger charge is -2.05. The Kier molecular flexibility index (Phi) is 5.91. The summed E-state index contributed by atoms with van der Waals surface area (Å²) in [5.74, 6) is 0.933. The zero-order chi connectivity index (χ0) is 16.5. The molecule has 0 fully saturated rings. The highest BCUT2D eigenvalue weighted by molar-refractivity contribution is 5.32. The van der Waals surface area contributed by atoms with Crippen LogP contribution in [0.1, 0.15) is 18.5 Å². The van der Waals surface area contributed by atoms with E-state index >= 15 is 0 Å². The predicted octanol–water partition coefficient (Wildman–Crippen LogP) is 2.64. The van der Waals surface area contributed by atoms with E-state index in [1.807, 2.05) is 54.7 Å². The first-order valence-corrected chi connectivity index (χ1v) is 8.24. The molecule has 24 heavy (non-hydrogen) atoms. The Morgan fingerprint density at radius 2 is 1.75 bits per heavy atom. The molecule has 6 heteroatoms. The molecule has 0 atom stereocenters. The van der Waals surface area contributed by atoms with Crippen LogP contribution in [0.15, 0.2) is 60.9 Å². The van der Waals surface area contributed by atoms with Gasteiger partial charge in [0.15, 0.2) is 0 Å². The normalized spacial score (nSPS) is 10.7. The Labute approximate surface area is 141 Å². The minimum Gasteiger partial charge on any atom is -0.370 e. The number of aromatic nitrogens is 4. The van der Waals surface area contributed by atoms with Gasteiger partial charge in [0.25, 0.3) is 0 Å². The van der Waals surface area contributed by atoms with Gasteiger partial charge in [-0.1, -0.05) is 24.3 Å². The fourth-order valence-corrected chi connectivity index (χ4v) is 2.34. The van der Waals surface area contributed by atoms with E-state index in [1.165, 1.54) is 0 Å². The van der Waals surface area contributed by atoms with Gasteiger partial charge in [-0.05, 0) is 43.7 Å². The fraction of sp³-hybridized carbons (Fsp3) is 0.278. The topological polar surface area (TPSA) is 67.7 Å². The Balaban J connectivity index is 1.30. The molecule has 124 valence electrons. The van der Waals surface area contributed by atoms with Gasteiger partial charge >= 0.3 is 0 Å². The van der Waals surface area contributed by atoms with Crippen LogP contribution in [-0.4, -0.2) is 33.1 Å². The lowest BCUT2D eigenvalue weighted by molar-refractivity contribution is 0.619. The van der Waals surface area contributed by atoms with E-state index in [9.17, 15) is 0 Å². The molecule has 0 aliphatic rings. The highest BCUT2D eigenvalue weighted by atomic mass is 15.5. The number of unbranched alkanes of at least 4 members (excludes halogenated alkanes) is 1. The van der Waals surface area contributed by atoms with Crippen molar-refractivity contribution in [2.45, 2.75) is 19.4 Å². The fourth-order valence-electron chi connectivity index (χ4n) is 2.34. The van der Waals surface area contributed by atoms with Crippen LogP contribution in [0.5, 0.6) is 0 Å². The molecule has 2 N–H and O–H groups in total. The quantitative estimate of drug-likeness (QED) is 0.593. The summed E-state index contributed by atoms with van der Waals surface area (Å²) >= 11 is 0. The first kappa shape index (κ1) is 16.1. The highest BCUT2D eigenvalue weighted by Crippen LogP contribution is 2.04. The van der Waals surface area contributed by atoms with Crippen LogP contribution in [0, 0.1) is 0 Å². The molecule has 1 aromatic carbocycles. The second-order valence-electron chi connectivity index (χ2n) is 5.49. The first-order chi connectivity index (χ1) is 11.9. The Morgan fingerprint density at radius 3 is 2.58 bits per heavy atom. The van der Waals surface area contributed by atoms with E-state index < -0.39 is 0 Å². The van der Waals surface area contributed by atoms with Crippen LogP contribution < -0.4 is 10.6 Å². The van der Waals surface area contributed by atoms with E-state index in [4.69, 9.17) is 0 Å². The Morgan fingerprint density at radius 1 is 0.917 bits per heavy atom. The molecule has 0 radical (unpaired) electrons. The maximum absolute atomic E-state index is 4.48. The average Bonchev–Trinajstić information content (AvgIpc) is 3.11. The van der Waals surface area contributed by atoms with Crippen molar-refractivity contribution in [1.82, 2.24) is 25.3 Å². The predicted molar refractivity (Wildman–Crippen MR) is 95.0 cm³/mol. The molecule has 0 saturated heterocycles. The summed E-state index contributed by atoms with van der Waals surface area (Å²) in [6, 6.07) is 15.8. The van der Waals surface area contributed by atoms with Crippen LogP contribution in [0.3, 0.4) is 0 Å². The maximum Gasteiger partial charge on any atom is 0.125 e. The van der Waals surface area contributed by atoms with Crippen molar-refractivity contribution in [3.8, 4) is 5.69 Å². The van der Waals surface area contributed by atoms with Crippen LogP contribution in [0.25, 0.3) is 5.69 Å². The lowest BCUT2D eigenvalue weighted by Crippen LogP contribution is -2.16. The Bertz CT molecular complexity index is 711. The number of pyridine rings is 1. The smallest absolute Gasteiger partial charge is 0.125 e. The van der Waals surface area contributed by atoms with Crippen molar-refractivity contribution in [3.05, 3.63) is 66.6 Å². The van der Waals surface area contributed by atoms with Gasteiger partial charge in [0.05, 0.1) is 17.6 Å². The number of nitrogens with zero attached hydrogens (tertiary/aromatic N) is 4. The van der Waals surface area contributed by atoms with Gasteiger partial charge in [0, 0.05) is 19.3 Å². The van der Waals surface area contributed by atoms with Crippen molar-refractivity contribution in [1.29, 1.82) is 0 Å². The van der Waals surface area contributed by atoms with E-state index in [2.05, 4.69) is 25.8 Å². The number of para-hydroxylation sites is 1. The SMILES string of the molecule is c1ccc(-n2ncc(CNCCCCNc3ccccn3)n2)cc1. The molecule has 0 saturated carbocycles. The Hall–Kier alpha value is -2.73. The van der Waals surface area contributed by atoms with Crippen LogP contribution in [-0.2, 0) is 6.54 Å². The van der Waals surface area contributed by atoms with Gasteiger partial charge in [-0.3, -0.25) is 0 Å². The number of hydrogen-bond acceptors (Lipinski definition) is 5. The van der Waals surface area contributed by atoms with Gasteiger partial charge < -0.3 is 10.6 Å². The molecule has 3 aromatic rings. The summed E-state index contributed by atoms with van der Waals surface area (Å²) in [5.41, 5.74) is 1.93. The maximum atomic E-state index is 4.48. The first-order valence-electron chi connectivity index (χ1n) is 8.24. The number of hydrogen-bond donors (Lipinski definition) is 2. The molecule has 0 amide bonds. The lowest BCUT2D eigenvalue weighted by atomic mass is 10.3. The molecule has 3 rings (SSSR count). The third-order valence-corrected chi connectivity index (χ3v) is 3.58. The second kappa shape index (κ2) is 8.79. The molecule has 0 spiro atoms. The minimum absolute atomic E-state index is 0.737. The summed E-state index contributed by atoms with van der Waals surface area (Å²) in [7, 11) is 0. The van der Waals surface area contributed by atoms with Crippen LogP contribution in [0.2, 0.25) is 0 Å². The molecular weight excluding hydrogens is 300 g/mol. The van der Waals surface area contributed by atoms with Crippen molar-refractivity contribution in [2.24, 2.45) is 0 Å². The summed E-state index contributed by atoms with van der Waals surface area (Å²) in [6.07, 6.45) is 5.81. The molecular formula is C18H22N6. The van der Waals surface area contributed by atoms with E-state index in [1.54, 1.807) is 11.0 Å². The van der Waals surface area contributed by atoms with E-state index in [0.29, 0.717) is 0 Å². The van der Waals surface area contributed by atoms with Gasteiger partial charge in [0.1, 0.15) is 5.82 Å². The van der Waals surface area contributed by atoms with Crippen LogP contribution in [0.4, 0.5) is 5.82 Å². The van der Waals surface area contributed by atoms with E-state index in [-0.39, 0.29) is 0 Å². The summed E-state index contributed by atoms with van der Waals surface area (Å²) in [6.45, 7) is 2.63. The van der Waals surface area contributed by atoms with Crippen molar-refractivity contribution >= 4 is 5.82 Å². The molecule has 2 heterocycles. The third kappa shape index (κ3) is 4.89. The molecule has 0 bridgehead atoms. The number of benzene rings is 1. The number of rotatable bonds is 9. The van der Waals surface area contributed by atoms with Crippen molar-refractivity contribution in [3.63, 3.8) is 0 Å². The monoisotopic (exact) mass is 322 g/mol. The third-order valence-electron chi connectivity index (χ3n) is 3.58. The average molecular weight is 322 g/mol. The minimum atomic E-state index is 0.737. The van der Waals surface area contributed by atoms with Crippen LogP contribution >= 0.6 is 0 Å². The van der Waals surface area contributed by atoms with Crippen molar-refractivity contribution in [2.75, 3.05) is 18.4 Å². The van der Waals surface area contributed by atoms with Gasteiger partial charge in [-0.25, -0.2) is 4.98 Å². The standard InChI is InChI=1S/C18H22N6/c1-2-8-17(9-3-1)24-22-15-16(23-24)14-19-11-6-7-13-21-18-10-4-5-12-20-18/h1-5,8-10,12,15,19H,6-7,11,13-14H2,(H,20,21). The molecule has 6 nitrogen and oxygen atoms in total. The second-order valence-corrected chi connectivity index (χ2v) is 5.49. The van der Waals surface area contributed by atoms with E-state index in [0.717, 1.165) is 49.7 Å². The molecule has 2 aromatic heterocycles. The van der Waals surface area contributed by atoms with Crippen molar-refractivity contribution < 1.29 is 0 Å². The highest BCUT2D eigenvalue weighted by Gasteiger charge is 2.01. The van der Waals surface area contributed by atoms with Gasteiger partial charge in [-0.15, -0.1) is 0 Å². The molecule has 0 unspecified atom stereocenters. The molecule has 0 aliphatic carbocycles. The summed E-state index contributed by atoms with van der Waals surface area (Å²) in [5, 5.41) is 15.5.